The summed E-state index contributed by atoms with van der Waals surface area (Å²) in [6.07, 6.45) is 3.60. The number of benzene rings is 1. The van der Waals surface area contributed by atoms with Crippen molar-refractivity contribution in [2.24, 2.45) is 0 Å². The highest BCUT2D eigenvalue weighted by Crippen LogP contribution is 2.28. The molecular weight excluding hydrogens is 270 g/mol. The molecule has 108 valence electrons. The van der Waals surface area contributed by atoms with Gasteiger partial charge in [0.25, 0.3) is 0 Å². The number of thioether (sulfide) groups is 1. The zero-order valence-corrected chi connectivity index (χ0v) is 13.0. The van der Waals surface area contributed by atoms with Crippen LogP contribution in [0.5, 0.6) is 5.75 Å². The predicted molar refractivity (Wildman–Crippen MR) is 83.2 cm³/mol. The Morgan fingerprint density at radius 3 is 2.95 bits per heavy atom. The maximum absolute atomic E-state index is 5.45. The van der Waals surface area contributed by atoms with Crippen LogP contribution in [0.2, 0.25) is 0 Å². The summed E-state index contributed by atoms with van der Waals surface area (Å²) in [5, 5.41) is 4.36. The van der Waals surface area contributed by atoms with Gasteiger partial charge >= 0.3 is 0 Å². The molecule has 2 aromatic rings. The third-order valence-corrected chi connectivity index (χ3v) is 4.10. The van der Waals surface area contributed by atoms with Crippen molar-refractivity contribution in [2.45, 2.75) is 30.8 Å². The molecule has 0 aliphatic heterocycles. The van der Waals surface area contributed by atoms with Crippen LogP contribution >= 0.6 is 11.8 Å². The topological polar surface area (TPSA) is 49.9 Å². The summed E-state index contributed by atoms with van der Waals surface area (Å²) in [7, 11) is 1.71. The van der Waals surface area contributed by atoms with E-state index in [-0.39, 0.29) is 0 Å². The lowest BCUT2D eigenvalue weighted by Gasteiger charge is -2.16. The molecule has 1 unspecified atom stereocenters. The minimum Gasteiger partial charge on any atom is -0.496 e. The second-order valence-electron chi connectivity index (χ2n) is 4.53. The van der Waals surface area contributed by atoms with Gasteiger partial charge in [0.1, 0.15) is 5.75 Å². The average molecular weight is 291 g/mol. The van der Waals surface area contributed by atoms with Crippen LogP contribution in [0.25, 0.3) is 0 Å². The van der Waals surface area contributed by atoms with E-state index in [1.54, 1.807) is 25.1 Å². The maximum Gasteiger partial charge on any atom is 0.165 e. The number of imidazole rings is 1. The second kappa shape index (κ2) is 7.36. The summed E-state index contributed by atoms with van der Waals surface area (Å²) in [5.74, 6) is 1.76. The Morgan fingerprint density at radius 2 is 2.30 bits per heavy atom. The Bertz CT molecular complexity index is 528. The number of aromatic amines is 1. The molecule has 0 radical (unpaired) electrons. The molecule has 2 N–H and O–H groups in total. The third kappa shape index (κ3) is 3.77. The fourth-order valence-corrected chi connectivity index (χ4v) is 2.89. The number of ether oxygens (including phenoxy) is 1. The van der Waals surface area contributed by atoms with Crippen molar-refractivity contribution >= 4 is 11.8 Å². The van der Waals surface area contributed by atoms with Crippen LogP contribution < -0.4 is 10.1 Å². The first-order valence-electron chi connectivity index (χ1n) is 6.77. The third-order valence-electron chi connectivity index (χ3n) is 3.15. The van der Waals surface area contributed by atoms with E-state index < -0.39 is 0 Å². The summed E-state index contributed by atoms with van der Waals surface area (Å²) in [5.41, 5.74) is 2.47. The molecule has 1 atom stereocenters. The molecular formula is C15H21N3OS. The Kier molecular flexibility index (Phi) is 5.49. The van der Waals surface area contributed by atoms with Crippen LogP contribution in [0.1, 0.15) is 31.0 Å². The van der Waals surface area contributed by atoms with Gasteiger partial charge in [0.05, 0.1) is 7.11 Å². The number of nitrogens with one attached hydrogen (secondary N) is 2. The van der Waals surface area contributed by atoms with Crippen LogP contribution in [0, 0.1) is 0 Å². The molecule has 0 saturated heterocycles. The molecule has 0 spiro atoms. The van der Waals surface area contributed by atoms with Crippen LogP contribution in [-0.2, 0) is 5.75 Å². The van der Waals surface area contributed by atoms with Gasteiger partial charge in [0, 0.05) is 29.8 Å². The number of rotatable bonds is 7. The first-order valence-corrected chi connectivity index (χ1v) is 7.75. The van der Waals surface area contributed by atoms with Crippen LogP contribution in [0.15, 0.2) is 35.7 Å². The first kappa shape index (κ1) is 14.9. The second-order valence-corrected chi connectivity index (χ2v) is 5.50. The van der Waals surface area contributed by atoms with E-state index in [9.17, 15) is 0 Å². The zero-order valence-electron chi connectivity index (χ0n) is 12.1. The zero-order chi connectivity index (χ0) is 14.4. The van der Waals surface area contributed by atoms with E-state index >= 15 is 0 Å². The lowest BCUT2D eigenvalue weighted by atomic mass is 10.0. The number of hydrogen-bond donors (Lipinski definition) is 2. The quantitative estimate of drug-likeness (QED) is 0.768. The summed E-state index contributed by atoms with van der Waals surface area (Å²) in [4.78, 5) is 7.33. The number of nitrogens with zero attached hydrogens (tertiary/aromatic N) is 1. The Morgan fingerprint density at radius 1 is 1.45 bits per heavy atom. The molecule has 0 aliphatic carbocycles. The van der Waals surface area contributed by atoms with Crippen molar-refractivity contribution in [2.75, 3.05) is 13.7 Å². The number of methoxy groups -OCH3 is 1. The fraction of sp³-hybridized carbons (Fsp3) is 0.400. The minimum absolute atomic E-state index is 0.346. The van der Waals surface area contributed by atoms with E-state index in [1.807, 2.05) is 12.3 Å². The summed E-state index contributed by atoms with van der Waals surface area (Å²) >= 11 is 1.68. The summed E-state index contributed by atoms with van der Waals surface area (Å²) in [6.45, 7) is 5.26. The van der Waals surface area contributed by atoms with E-state index in [1.165, 1.54) is 11.1 Å². The van der Waals surface area contributed by atoms with Gasteiger partial charge in [-0.15, -0.1) is 0 Å². The van der Waals surface area contributed by atoms with Gasteiger partial charge in [-0.2, -0.15) is 0 Å². The van der Waals surface area contributed by atoms with Gasteiger partial charge < -0.3 is 15.0 Å². The highest BCUT2D eigenvalue weighted by Gasteiger charge is 2.10. The van der Waals surface area contributed by atoms with Gasteiger partial charge in [-0.25, -0.2) is 4.98 Å². The monoisotopic (exact) mass is 291 g/mol. The Hall–Kier alpha value is -1.46. The highest BCUT2D eigenvalue weighted by atomic mass is 32.2. The molecule has 5 heteroatoms. The molecule has 0 bridgehead atoms. The van der Waals surface area contributed by atoms with Crippen LogP contribution in [0.4, 0.5) is 0 Å². The van der Waals surface area contributed by atoms with Crippen molar-refractivity contribution in [3.05, 3.63) is 41.7 Å². The van der Waals surface area contributed by atoms with Crippen LogP contribution in [0.3, 0.4) is 0 Å². The lowest BCUT2D eigenvalue weighted by Crippen LogP contribution is -2.17. The molecule has 20 heavy (non-hydrogen) atoms. The van der Waals surface area contributed by atoms with Crippen LogP contribution in [-0.4, -0.2) is 23.6 Å². The van der Waals surface area contributed by atoms with E-state index in [2.05, 4.69) is 41.3 Å². The Balaban J connectivity index is 2.13. The summed E-state index contributed by atoms with van der Waals surface area (Å²) in [6, 6.07) is 6.72. The molecule has 1 heterocycles. The van der Waals surface area contributed by atoms with Crippen molar-refractivity contribution in [3.63, 3.8) is 0 Å². The van der Waals surface area contributed by atoms with Gasteiger partial charge in [-0.3, -0.25) is 0 Å². The van der Waals surface area contributed by atoms with E-state index in [0.29, 0.717) is 6.04 Å². The maximum atomic E-state index is 5.45. The molecule has 4 nitrogen and oxygen atoms in total. The normalized spacial score (nSPS) is 12.3. The molecule has 0 saturated carbocycles. The molecule has 1 aromatic heterocycles. The number of hydrogen-bond acceptors (Lipinski definition) is 4. The molecule has 0 aliphatic rings. The van der Waals surface area contributed by atoms with E-state index in [0.717, 1.165) is 23.2 Å². The van der Waals surface area contributed by atoms with Crippen molar-refractivity contribution in [3.8, 4) is 5.75 Å². The SMILES string of the molecule is CCNC(C)c1ccc(OC)c(CSc2ncc[nH]2)c1. The van der Waals surface area contributed by atoms with Crippen molar-refractivity contribution in [1.82, 2.24) is 15.3 Å². The average Bonchev–Trinajstić information content (AvgIpc) is 2.98. The standard InChI is InChI=1S/C15H21N3OS/c1-4-16-11(2)12-5-6-14(19-3)13(9-12)10-20-15-17-7-8-18-15/h5-9,11,16H,4,10H2,1-3H3,(H,17,18). The summed E-state index contributed by atoms with van der Waals surface area (Å²) < 4.78 is 5.45. The Labute approximate surface area is 124 Å². The molecule has 0 amide bonds. The molecule has 2 rings (SSSR count). The number of aromatic nitrogens is 2. The smallest absolute Gasteiger partial charge is 0.165 e. The largest absolute Gasteiger partial charge is 0.496 e. The number of H-pyrrole nitrogens is 1. The molecule has 0 fully saturated rings. The van der Waals surface area contributed by atoms with Crippen molar-refractivity contribution in [1.29, 1.82) is 0 Å². The lowest BCUT2D eigenvalue weighted by molar-refractivity contribution is 0.411. The van der Waals surface area contributed by atoms with Crippen molar-refractivity contribution < 1.29 is 4.74 Å². The first-order chi connectivity index (χ1) is 9.74. The highest BCUT2D eigenvalue weighted by molar-refractivity contribution is 7.98. The van der Waals surface area contributed by atoms with Gasteiger partial charge in [-0.05, 0) is 31.2 Å². The van der Waals surface area contributed by atoms with Gasteiger partial charge in [0.15, 0.2) is 5.16 Å². The van der Waals surface area contributed by atoms with Gasteiger partial charge in [0.2, 0.25) is 0 Å². The fourth-order valence-electron chi connectivity index (χ4n) is 2.08. The van der Waals surface area contributed by atoms with Gasteiger partial charge in [-0.1, -0.05) is 24.8 Å². The molecule has 1 aromatic carbocycles. The minimum atomic E-state index is 0.346. The van der Waals surface area contributed by atoms with E-state index in [4.69, 9.17) is 4.74 Å². The predicted octanol–water partition coefficient (Wildman–Crippen LogP) is 3.38.